The van der Waals surface area contributed by atoms with Crippen LogP contribution in [0.3, 0.4) is 0 Å². The fraction of sp³-hybridized carbons (Fsp3) is 0.600. The Morgan fingerprint density at radius 2 is 1.88 bits per heavy atom. The van der Waals surface area contributed by atoms with Crippen LogP contribution in [0.1, 0.15) is 71.0 Å². The molecule has 1 saturated carbocycles. The van der Waals surface area contributed by atoms with Crippen LogP contribution in [0.4, 0.5) is 0 Å². The summed E-state index contributed by atoms with van der Waals surface area (Å²) in [7, 11) is 1.33. The zero-order chi connectivity index (χ0) is 22.8. The zero-order valence-electron chi connectivity index (χ0n) is 19.0. The van der Waals surface area contributed by atoms with E-state index in [0.717, 1.165) is 12.1 Å². The molecule has 0 N–H and O–H groups in total. The van der Waals surface area contributed by atoms with Crippen molar-refractivity contribution in [3.63, 3.8) is 0 Å². The number of carbonyl (C=O) groups is 2. The SMILES string of the molecule is COC(=O)c1cccc(C(=O)C[C@H]2CO[C@H]3[C@@H]2OC[C@@H]3n2cc(CC3CCCCC3)nn2)c1. The Labute approximate surface area is 193 Å². The molecule has 2 aliphatic heterocycles. The topological polar surface area (TPSA) is 92.5 Å². The Bertz CT molecular complexity index is 999. The second-order valence-corrected chi connectivity index (χ2v) is 9.52. The van der Waals surface area contributed by atoms with Gasteiger partial charge in [-0.1, -0.05) is 49.5 Å². The maximum absolute atomic E-state index is 12.9. The van der Waals surface area contributed by atoms with E-state index in [4.69, 9.17) is 14.2 Å². The summed E-state index contributed by atoms with van der Waals surface area (Å²) in [5.41, 5.74) is 1.91. The largest absolute Gasteiger partial charge is 0.465 e. The second-order valence-electron chi connectivity index (χ2n) is 9.52. The predicted octanol–water partition coefficient (Wildman–Crippen LogP) is 3.42. The highest BCUT2D eigenvalue weighted by Crippen LogP contribution is 2.39. The van der Waals surface area contributed by atoms with Gasteiger partial charge in [-0.25, -0.2) is 9.48 Å². The van der Waals surface area contributed by atoms with E-state index in [1.807, 2.05) is 10.9 Å². The molecule has 0 amide bonds. The Kier molecular flexibility index (Phi) is 6.55. The van der Waals surface area contributed by atoms with Gasteiger partial charge in [0.2, 0.25) is 0 Å². The molecule has 0 radical (unpaired) electrons. The first-order valence-electron chi connectivity index (χ1n) is 12.0. The smallest absolute Gasteiger partial charge is 0.337 e. The molecule has 3 aliphatic rings. The standard InChI is InChI=1S/C25H31N3O5/c1-31-25(30)18-9-5-8-17(11-18)22(29)12-19-14-32-24-21(15-33-23(19)24)28-13-20(26-27-28)10-16-6-3-2-4-7-16/h5,8-9,11,13,16,19,21,23-24H,2-4,6-7,10,12,14-15H2,1H3/t19-,21-,23+,24+/m0/s1. The molecule has 0 unspecified atom stereocenters. The summed E-state index contributed by atoms with van der Waals surface area (Å²) >= 11 is 0. The maximum Gasteiger partial charge on any atom is 0.337 e. The molecule has 4 atom stereocenters. The molecule has 176 valence electrons. The molecule has 2 aromatic rings. The summed E-state index contributed by atoms with van der Waals surface area (Å²) in [5.74, 6) is 0.205. The normalized spacial score (nSPS) is 27.4. The molecule has 8 heteroatoms. The van der Waals surface area contributed by atoms with E-state index in [-0.39, 0.29) is 30.0 Å². The number of benzene rings is 1. The zero-order valence-corrected chi connectivity index (χ0v) is 19.0. The van der Waals surface area contributed by atoms with Crippen LogP contribution in [0.25, 0.3) is 0 Å². The number of rotatable bonds is 7. The number of hydrogen-bond acceptors (Lipinski definition) is 7. The summed E-state index contributed by atoms with van der Waals surface area (Å²) in [5, 5.41) is 8.80. The van der Waals surface area contributed by atoms with Crippen molar-refractivity contribution in [3.8, 4) is 0 Å². The molecule has 1 aromatic carbocycles. The molecule has 3 heterocycles. The van der Waals surface area contributed by atoms with Gasteiger partial charge in [0.1, 0.15) is 12.1 Å². The molecule has 5 rings (SSSR count). The molecular weight excluding hydrogens is 422 g/mol. The van der Waals surface area contributed by atoms with E-state index in [9.17, 15) is 9.59 Å². The molecule has 0 spiro atoms. The predicted molar refractivity (Wildman–Crippen MR) is 119 cm³/mol. The number of carbonyl (C=O) groups excluding carboxylic acids is 2. The van der Waals surface area contributed by atoms with Crippen LogP contribution in [0.5, 0.6) is 0 Å². The van der Waals surface area contributed by atoms with Gasteiger partial charge >= 0.3 is 5.97 Å². The summed E-state index contributed by atoms with van der Waals surface area (Å²) in [6, 6.07) is 6.63. The first kappa shape index (κ1) is 22.2. The van der Waals surface area contributed by atoms with Crippen LogP contribution in [-0.4, -0.2) is 59.3 Å². The van der Waals surface area contributed by atoms with Gasteiger partial charge in [0.25, 0.3) is 0 Å². The first-order valence-corrected chi connectivity index (χ1v) is 12.0. The summed E-state index contributed by atoms with van der Waals surface area (Å²) in [4.78, 5) is 24.7. The number of fused-ring (bicyclic) bond motifs is 1. The number of Topliss-reactive ketones (excluding diaryl/α,β-unsaturated/α-hetero) is 1. The van der Waals surface area contributed by atoms with Crippen LogP contribution in [-0.2, 0) is 20.6 Å². The van der Waals surface area contributed by atoms with Crippen molar-refractivity contribution >= 4 is 11.8 Å². The minimum atomic E-state index is -0.452. The Morgan fingerprint density at radius 1 is 1.09 bits per heavy atom. The lowest BCUT2D eigenvalue weighted by molar-refractivity contribution is 0.0585. The monoisotopic (exact) mass is 453 g/mol. The van der Waals surface area contributed by atoms with E-state index in [0.29, 0.717) is 36.7 Å². The van der Waals surface area contributed by atoms with Gasteiger partial charge in [-0.05, 0) is 24.5 Å². The molecule has 0 bridgehead atoms. The third-order valence-electron chi connectivity index (χ3n) is 7.30. The average Bonchev–Trinajstić information content (AvgIpc) is 3.57. The van der Waals surface area contributed by atoms with Crippen molar-refractivity contribution in [2.45, 2.75) is 63.2 Å². The van der Waals surface area contributed by atoms with Gasteiger partial charge < -0.3 is 14.2 Å². The summed E-state index contributed by atoms with van der Waals surface area (Å²) in [6.45, 7) is 0.974. The van der Waals surface area contributed by atoms with Gasteiger partial charge in [-0.3, -0.25) is 4.79 Å². The van der Waals surface area contributed by atoms with E-state index in [1.165, 1.54) is 39.2 Å². The fourth-order valence-corrected chi connectivity index (χ4v) is 5.51. The van der Waals surface area contributed by atoms with E-state index < -0.39 is 5.97 Å². The molecule has 8 nitrogen and oxygen atoms in total. The van der Waals surface area contributed by atoms with E-state index >= 15 is 0 Å². The van der Waals surface area contributed by atoms with Crippen LogP contribution in [0, 0.1) is 11.8 Å². The molecule has 3 fully saturated rings. The lowest BCUT2D eigenvalue weighted by atomic mass is 9.86. The number of hydrogen-bond donors (Lipinski definition) is 0. The third kappa shape index (κ3) is 4.73. The van der Waals surface area contributed by atoms with Gasteiger partial charge in [0.15, 0.2) is 5.78 Å². The number of methoxy groups -OCH3 is 1. The van der Waals surface area contributed by atoms with Crippen molar-refractivity contribution in [2.75, 3.05) is 20.3 Å². The Hall–Kier alpha value is -2.58. The minimum absolute atomic E-state index is 0.0228. The lowest BCUT2D eigenvalue weighted by Gasteiger charge is -2.20. The molecule has 1 aromatic heterocycles. The number of ketones is 1. The third-order valence-corrected chi connectivity index (χ3v) is 7.30. The number of esters is 1. The molecule has 2 saturated heterocycles. The lowest BCUT2D eigenvalue weighted by Crippen LogP contribution is -2.29. The van der Waals surface area contributed by atoms with Crippen molar-refractivity contribution in [1.82, 2.24) is 15.0 Å². The number of nitrogens with zero attached hydrogens (tertiary/aromatic N) is 3. The second kappa shape index (κ2) is 9.73. The van der Waals surface area contributed by atoms with Crippen molar-refractivity contribution < 1.29 is 23.8 Å². The quantitative estimate of drug-likeness (QED) is 0.468. The summed E-state index contributed by atoms with van der Waals surface area (Å²) in [6.07, 6.45) is 9.63. The highest BCUT2D eigenvalue weighted by molar-refractivity contribution is 5.99. The van der Waals surface area contributed by atoms with Gasteiger partial charge in [-0.2, -0.15) is 0 Å². The van der Waals surface area contributed by atoms with E-state index in [2.05, 4.69) is 10.3 Å². The molecular formula is C25H31N3O5. The highest BCUT2D eigenvalue weighted by Gasteiger charge is 2.49. The number of ether oxygens (including phenoxy) is 3. The Morgan fingerprint density at radius 3 is 2.70 bits per heavy atom. The van der Waals surface area contributed by atoms with Crippen LogP contribution < -0.4 is 0 Å². The average molecular weight is 454 g/mol. The highest BCUT2D eigenvalue weighted by atomic mass is 16.6. The fourth-order valence-electron chi connectivity index (χ4n) is 5.51. The van der Waals surface area contributed by atoms with Crippen LogP contribution >= 0.6 is 0 Å². The molecule has 33 heavy (non-hydrogen) atoms. The van der Waals surface area contributed by atoms with Gasteiger partial charge in [0.05, 0.1) is 37.7 Å². The van der Waals surface area contributed by atoms with Crippen molar-refractivity contribution in [1.29, 1.82) is 0 Å². The van der Waals surface area contributed by atoms with E-state index in [1.54, 1.807) is 24.3 Å². The summed E-state index contributed by atoms with van der Waals surface area (Å²) < 4.78 is 18.8. The van der Waals surface area contributed by atoms with Crippen LogP contribution in [0.15, 0.2) is 30.5 Å². The first-order chi connectivity index (χ1) is 16.1. The van der Waals surface area contributed by atoms with Crippen molar-refractivity contribution in [3.05, 3.63) is 47.3 Å². The molecule has 1 aliphatic carbocycles. The van der Waals surface area contributed by atoms with Gasteiger partial charge in [0, 0.05) is 24.1 Å². The van der Waals surface area contributed by atoms with Gasteiger partial charge in [-0.15, -0.1) is 5.10 Å². The van der Waals surface area contributed by atoms with Crippen molar-refractivity contribution in [2.24, 2.45) is 11.8 Å². The minimum Gasteiger partial charge on any atom is -0.465 e. The Balaban J connectivity index is 1.20. The maximum atomic E-state index is 12.9. The van der Waals surface area contributed by atoms with Crippen LogP contribution in [0.2, 0.25) is 0 Å². The number of aromatic nitrogens is 3.